The normalized spacial score (nSPS) is 15.1. The maximum Gasteiger partial charge on any atom is 0.326 e. The first-order chi connectivity index (χ1) is 15.8. The van der Waals surface area contributed by atoms with Gasteiger partial charge in [-0.25, -0.2) is 9.78 Å². The van der Waals surface area contributed by atoms with Crippen molar-refractivity contribution in [2.45, 2.75) is 56.5 Å². The molecule has 1 aromatic heterocycles. The molecule has 11 N–H and O–H groups in total. The summed E-state index contributed by atoms with van der Waals surface area (Å²) < 4.78 is 0. The zero-order valence-corrected chi connectivity index (χ0v) is 18.1. The molecule has 0 aliphatic carbocycles. The summed E-state index contributed by atoms with van der Waals surface area (Å²) >= 11 is 0. The summed E-state index contributed by atoms with van der Waals surface area (Å²) in [4.78, 5) is 77.6. The van der Waals surface area contributed by atoms with Crippen LogP contribution in [0.1, 0.15) is 25.5 Å². The van der Waals surface area contributed by atoms with Crippen LogP contribution in [0.25, 0.3) is 0 Å². The van der Waals surface area contributed by atoms with Gasteiger partial charge in [-0.2, -0.15) is 0 Å². The molecule has 1 aromatic rings. The summed E-state index contributed by atoms with van der Waals surface area (Å²) in [6.45, 7) is 1.26. The number of aromatic nitrogens is 2. The fourth-order valence-corrected chi connectivity index (χ4v) is 2.64. The molecule has 4 amide bonds. The quantitative estimate of drug-likeness (QED) is 0.121. The van der Waals surface area contributed by atoms with Gasteiger partial charge in [0.15, 0.2) is 0 Å². The number of hydrogen-bond donors (Lipinski definition) is 9. The van der Waals surface area contributed by atoms with E-state index in [1.165, 1.54) is 19.4 Å². The second-order valence-corrected chi connectivity index (χ2v) is 7.34. The molecule has 0 fully saturated rings. The number of carboxylic acid groups (broad SMARTS) is 2. The Bertz CT molecular complexity index is 904. The van der Waals surface area contributed by atoms with E-state index in [0.717, 1.165) is 0 Å². The van der Waals surface area contributed by atoms with E-state index < -0.39 is 78.7 Å². The Morgan fingerprint density at radius 2 is 1.53 bits per heavy atom. The average Bonchev–Trinajstić information content (AvgIpc) is 3.23. The predicted molar refractivity (Wildman–Crippen MR) is 111 cm³/mol. The smallest absolute Gasteiger partial charge is 0.326 e. The Morgan fingerprint density at radius 3 is 2.00 bits per heavy atom. The van der Waals surface area contributed by atoms with Crippen LogP contribution in [0.15, 0.2) is 12.5 Å². The number of aromatic amines is 1. The molecule has 1 rings (SSSR count). The van der Waals surface area contributed by atoms with Crippen LogP contribution in [-0.4, -0.2) is 91.1 Å². The molecule has 34 heavy (non-hydrogen) atoms. The third-order valence-corrected chi connectivity index (χ3v) is 4.47. The molecule has 0 radical (unpaired) electrons. The van der Waals surface area contributed by atoms with Gasteiger partial charge in [-0.1, -0.05) is 0 Å². The maximum atomic E-state index is 12.9. The van der Waals surface area contributed by atoms with Gasteiger partial charge in [0.1, 0.15) is 24.2 Å². The molecule has 0 bridgehead atoms. The van der Waals surface area contributed by atoms with Gasteiger partial charge in [0, 0.05) is 18.3 Å². The molecule has 0 aliphatic rings. The van der Waals surface area contributed by atoms with Gasteiger partial charge in [-0.3, -0.25) is 24.0 Å². The monoisotopic (exact) mass is 485 g/mol. The van der Waals surface area contributed by atoms with E-state index in [1.807, 2.05) is 5.32 Å². The van der Waals surface area contributed by atoms with Gasteiger partial charge in [0.2, 0.25) is 23.6 Å². The topological polar surface area (TPSA) is 280 Å². The van der Waals surface area contributed by atoms with Gasteiger partial charge >= 0.3 is 11.9 Å². The van der Waals surface area contributed by atoms with E-state index in [0.29, 0.717) is 5.69 Å². The lowest BCUT2D eigenvalue weighted by Crippen LogP contribution is -2.59. The van der Waals surface area contributed by atoms with Crippen LogP contribution in [0.3, 0.4) is 0 Å². The Kier molecular flexibility index (Phi) is 10.6. The molecule has 0 aromatic carbocycles. The molecular weight excluding hydrogens is 458 g/mol. The van der Waals surface area contributed by atoms with Gasteiger partial charge in [0.25, 0.3) is 0 Å². The largest absolute Gasteiger partial charge is 0.481 e. The number of hydrogen-bond acceptors (Lipinski definition) is 9. The number of aliphatic hydroxyl groups excluding tert-OH is 1. The minimum absolute atomic E-state index is 0.161. The Hall–Kier alpha value is -4.05. The Labute approximate surface area is 192 Å². The second-order valence-electron chi connectivity index (χ2n) is 7.34. The second kappa shape index (κ2) is 12.9. The third-order valence-electron chi connectivity index (χ3n) is 4.47. The predicted octanol–water partition coefficient (Wildman–Crippen LogP) is -4.45. The van der Waals surface area contributed by atoms with Crippen LogP contribution in [-0.2, 0) is 35.2 Å². The summed E-state index contributed by atoms with van der Waals surface area (Å²) in [6.07, 6.45) is -0.454. The van der Waals surface area contributed by atoms with Crippen molar-refractivity contribution in [3.05, 3.63) is 18.2 Å². The number of nitrogens with two attached hydrogens (primary N) is 2. The average molecular weight is 485 g/mol. The summed E-state index contributed by atoms with van der Waals surface area (Å²) in [5.74, 6) is -7.26. The minimum Gasteiger partial charge on any atom is -0.481 e. The van der Waals surface area contributed by atoms with Crippen LogP contribution in [0.5, 0.6) is 0 Å². The van der Waals surface area contributed by atoms with Crippen molar-refractivity contribution in [2.75, 3.05) is 0 Å². The van der Waals surface area contributed by atoms with E-state index in [9.17, 15) is 33.9 Å². The number of primary amides is 1. The standard InChI is InChI=1S/C18H27N7O9/c1-7(26)14(20)17(32)24-9(2-8-5-21-6-22-8)15(30)23-10(3-12(19)27)16(31)25-11(18(33)34)4-13(28)29/h5-7,9-11,14,26H,2-4,20H2,1H3,(H2,19,27)(H,21,22)(H,23,30)(H,24,32)(H,25,31)(H,28,29)(H,33,34). The van der Waals surface area contributed by atoms with Crippen molar-refractivity contribution in [1.29, 1.82) is 0 Å². The number of rotatable bonds is 14. The number of H-pyrrole nitrogens is 1. The van der Waals surface area contributed by atoms with Crippen LogP contribution in [0.2, 0.25) is 0 Å². The first kappa shape index (κ1) is 28.0. The highest BCUT2D eigenvalue weighted by Crippen LogP contribution is 2.04. The molecule has 1 heterocycles. The maximum absolute atomic E-state index is 12.9. The highest BCUT2D eigenvalue weighted by atomic mass is 16.4. The number of amides is 4. The van der Waals surface area contributed by atoms with E-state index in [-0.39, 0.29) is 6.42 Å². The minimum atomic E-state index is -1.85. The summed E-state index contributed by atoms with van der Waals surface area (Å²) in [5, 5.41) is 33.8. The number of aliphatic carboxylic acids is 2. The lowest BCUT2D eigenvalue weighted by Gasteiger charge is -2.24. The van der Waals surface area contributed by atoms with Crippen LogP contribution in [0, 0.1) is 0 Å². The fourth-order valence-electron chi connectivity index (χ4n) is 2.64. The van der Waals surface area contributed by atoms with Gasteiger partial charge in [-0.15, -0.1) is 0 Å². The number of carbonyl (C=O) groups excluding carboxylic acids is 4. The number of carboxylic acids is 2. The molecule has 188 valence electrons. The first-order valence-electron chi connectivity index (χ1n) is 9.86. The van der Waals surface area contributed by atoms with E-state index in [4.69, 9.17) is 21.7 Å². The summed E-state index contributed by atoms with van der Waals surface area (Å²) in [7, 11) is 0. The number of nitrogens with zero attached hydrogens (tertiary/aromatic N) is 1. The lowest BCUT2D eigenvalue weighted by molar-refractivity contribution is -0.147. The zero-order valence-electron chi connectivity index (χ0n) is 18.1. The number of aliphatic hydroxyl groups is 1. The van der Waals surface area contributed by atoms with Crippen molar-refractivity contribution in [1.82, 2.24) is 25.9 Å². The van der Waals surface area contributed by atoms with Crippen LogP contribution >= 0.6 is 0 Å². The third kappa shape index (κ3) is 9.21. The zero-order chi connectivity index (χ0) is 26.0. The highest BCUT2D eigenvalue weighted by Gasteiger charge is 2.32. The van der Waals surface area contributed by atoms with Crippen LogP contribution in [0.4, 0.5) is 0 Å². The van der Waals surface area contributed by atoms with Gasteiger partial charge < -0.3 is 47.7 Å². The van der Waals surface area contributed by atoms with Crippen molar-refractivity contribution >= 4 is 35.6 Å². The summed E-state index contributed by atoms with van der Waals surface area (Å²) in [6, 6.07) is -6.28. The summed E-state index contributed by atoms with van der Waals surface area (Å²) in [5.41, 5.74) is 11.1. The molecule has 16 heteroatoms. The molecule has 0 saturated heterocycles. The molecule has 0 saturated carbocycles. The Balaban J connectivity index is 3.08. The van der Waals surface area contributed by atoms with Crippen molar-refractivity contribution in [2.24, 2.45) is 11.5 Å². The first-order valence-corrected chi connectivity index (χ1v) is 9.86. The van der Waals surface area contributed by atoms with Crippen LogP contribution < -0.4 is 27.4 Å². The highest BCUT2D eigenvalue weighted by molar-refractivity contribution is 5.96. The molecular formula is C18H27N7O9. The molecule has 0 spiro atoms. The Morgan fingerprint density at radius 1 is 0.971 bits per heavy atom. The number of nitrogens with one attached hydrogen (secondary N) is 4. The van der Waals surface area contributed by atoms with Gasteiger partial charge in [0.05, 0.1) is 25.3 Å². The van der Waals surface area contributed by atoms with E-state index >= 15 is 0 Å². The molecule has 16 nitrogen and oxygen atoms in total. The van der Waals surface area contributed by atoms with E-state index in [1.54, 1.807) is 0 Å². The number of imidazole rings is 1. The van der Waals surface area contributed by atoms with E-state index in [2.05, 4.69) is 20.6 Å². The number of carbonyl (C=O) groups is 6. The van der Waals surface area contributed by atoms with Crippen molar-refractivity contribution in [3.8, 4) is 0 Å². The van der Waals surface area contributed by atoms with Crippen molar-refractivity contribution in [3.63, 3.8) is 0 Å². The van der Waals surface area contributed by atoms with Crippen molar-refractivity contribution < 1.29 is 44.1 Å². The van der Waals surface area contributed by atoms with Gasteiger partial charge in [-0.05, 0) is 6.92 Å². The molecule has 0 aliphatic heterocycles. The molecule has 5 unspecified atom stereocenters. The molecule has 5 atom stereocenters. The fraction of sp³-hybridized carbons (Fsp3) is 0.500. The SMILES string of the molecule is CC(O)C(N)C(=O)NC(Cc1cnc[nH]1)C(=O)NC(CC(N)=O)C(=O)NC(CC(=O)O)C(=O)O. The lowest BCUT2D eigenvalue weighted by atomic mass is 10.1.